The second-order valence-corrected chi connectivity index (χ2v) is 3.05. The van der Waals surface area contributed by atoms with E-state index in [-0.39, 0.29) is 5.88 Å². The van der Waals surface area contributed by atoms with Crippen molar-refractivity contribution in [1.82, 2.24) is 19.7 Å². The van der Waals surface area contributed by atoms with Crippen LogP contribution >= 0.6 is 0 Å². The number of rotatable bonds is 2. The number of carbonyl (C=O) groups excluding carboxylic acids is 1. The topological polar surface area (TPSA) is 95.9 Å². The lowest BCUT2D eigenvalue weighted by atomic mass is 10.3. The lowest BCUT2D eigenvalue weighted by Gasteiger charge is -2.02. The first-order valence-electron chi connectivity index (χ1n) is 4.45. The van der Waals surface area contributed by atoms with Crippen LogP contribution in [0, 0.1) is 0 Å². The Morgan fingerprint density at radius 3 is 2.94 bits per heavy atom. The zero-order valence-electron chi connectivity index (χ0n) is 8.49. The zero-order chi connectivity index (χ0) is 11.5. The van der Waals surface area contributed by atoms with Crippen molar-refractivity contribution < 1.29 is 9.53 Å². The summed E-state index contributed by atoms with van der Waals surface area (Å²) >= 11 is 0. The van der Waals surface area contributed by atoms with Gasteiger partial charge < -0.3 is 15.0 Å². The molecule has 0 atom stereocenters. The van der Waals surface area contributed by atoms with E-state index in [1.54, 1.807) is 30.1 Å². The van der Waals surface area contributed by atoms with Gasteiger partial charge in [-0.15, -0.1) is 10.2 Å². The van der Waals surface area contributed by atoms with Crippen LogP contribution in [-0.2, 0) is 7.05 Å². The van der Waals surface area contributed by atoms with E-state index in [1.807, 2.05) is 0 Å². The van der Waals surface area contributed by atoms with Gasteiger partial charge in [0.25, 0.3) is 0 Å². The van der Waals surface area contributed by atoms with Crippen LogP contribution in [0.5, 0.6) is 5.88 Å². The molecule has 0 saturated carbocycles. The second-order valence-electron chi connectivity index (χ2n) is 3.05. The van der Waals surface area contributed by atoms with Crippen LogP contribution in [0.2, 0.25) is 0 Å². The molecule has 1 amide bonds. The van der Waals surface area contributed by atoms with Crippen molar-refractivity contribution in [2.45, 2.75) is 0 Å². The predicted molar refractivity (Wildman–Crippen MR) is 54.4 cm³/mol. The minimum Gasteiger partial charge on any atom is -0.391 e. The van der Waals surface area contributed by atoms with Crippen LogP contribution in [0.15, 0.2) is 24.5 Å². The van der Waals surface area contributed by atoms with Crippen molar-refractivity contribution in [2.24, 2.45) is 12.8 Å². The normalized spacial score (nSPS) is 10.1. The molecule has 0 aliphatic rings. The Hall–Kier alpha value is -2.44. The van der Waals surface area contributed by atoms with Crippen molar-refractivity contribution in [3.05, 3.63) is 24.5 Å². The minimum absolute atomic E-state index is 0.132. The van der Waals surface area contributed by atoms with Crippen LogP contribution < -0.4 is 10.5 Å². The van der Waals surface area contributed by atoms with Gasteiger partial charge in [-0.3, -0.25) is 0 Å². The van der Waals surface area contributed by atoms with Gasteiger partial charge in [-0.2, -0.15) is 0 Å². The lowest BCUT2D eigenvalue weighted by molar-refractivity contribution is 0.209. The van der Waals surface area contributed by atoms with Gasteiger partial charge in [0.1, 0.15) is 12.0 Å². The number of hydrogen-bond donors (Lipinski definition) is 1. The van der Waals surface area contributed by atoms with E-state index < -0.39 is 6.09 Å². The van der Waals surface area contributed by atoms with Crippen molar-refractivity contribution in [3.8, 4) is 17.4 Å². The fourth-order valence-electron chi connectivity index (χ4n) is 1.21. The average Bonchev–Trinajstić information content (AvgIpc) is 2.64. The number of carbonyl (C=O) groups is 1. The van der Waals surface area contributed by atoms with Crippen LogP contribution in [0.1, 0.15) is 0 Å². The molecule has 0 fully saturated rings. The highest BCUT2D eigenvalue weighted by atomic mass is 16.6. The first kappa shape index (κ1) is 10.1. The molecule has 2 aromatic heterocycles. The Balaban J connectivity index is 2.36. The summed E-state index contributed by atoms with van der Waals surface area (Å²) in [4.78, 5) is 14.6. The number of ether oxygens (including phenoxy) is 1. The summed E-state index contributed by atoms with van der Waals surface area (Å²) in [7, 11) is 1.79. The minimum atomic E-state index is -0.900. The fraction of sp³-hybridized carbons (Fsp3) is 0.111. The number of nitrogens with two attached hydrogens (primary N) is 1. The SMILES string of the molecule is Cn1cnnc1-c1cccc(OC(N)=O)n1. The monoisotopic (exact) mass is 219 g/mol. The molecule has 0 radical (unpaired) electrons. The number of hydrogen-bond acceptors (Lipinski definition) is 5. The molecule has 2 heterocycles. The number of amides is 1. The standard InChI is InChI=1S/C9H9N5O2/c1-14-5-11-13-8(14)6-3-2-4-7(12-6)16-9(10)15/h2-5H,1H3,(H2,10,15). The molecule has 0 aromatic carbocycles. The quantitative estimate of drug-likeness (QED) is 0.785. The van der Waals surface area contributed by atoms with E-state index in [0.29, 0.717) is 11.5 Å². The molecular formula is C9H9N5O2. The third-order valence-electron chi connectivity index (χ3n) is 1.87. The first-order chi connectivity index (χ1) is 7.66. The molecule has 2 aromatic rings. The van der Waals surface area contributed by atoms with Gasteiger partial charge in [-0.05, 0) is 6.07 Å². The smallest absolute Gasteiger partial charge is 0.391 e. The van der Waals surface area contributed by atoms with Crippen molar-refractivity contribution >= 4 is 6.09 Å². The van der Waals surface area contributed by atoms with Gasteiger partial charge in [0, 0.05) is 13.1 Å². The summed E-state index contributed by atoms with van der Waals surface area (Å²) in [6.07, 6.45) is 0.654. The van der Waals surface area contributed by atoms with Crippen LogP contribution in [0.3, 0.4) is 0 Å². The van der Waals surface area contributed by atoms with E-state index in [2.05, 4.69) is 19.9 Å². The first-order valence-corrected chi connectivity index (χ1v) is 4.45. The summed E-state index contributed by atoms with van der Waals surface area (Å²) in [5, 5.41) is 7.61. The van der Waals surface area contributed by atoms with Gasteiger partial charge in [-0.25, -0.2) is 9.78 Å². The third kappa shape index (κ3) is 1.97. The maximum absolute atomic E-state index is 10.6. The van der Waals surface area contributed by atoms with Crippen molar-refractivity contribution in [2.75, 3.05) is 0 Å². The van der Waals surface area contributed by atoms with Gasteiger partial charge in [0.15, 0.2) is 5.82 Å². The zero-order valence-corrected chi connectivity index (χ0v) is 8.49. The molecule has 7 nitrogen and oxygen atoms in total. The number of nitrogens with zero attached hydrogens (tertiary/aromatic N) is 4. The molecule has 0 unspecified atom stereocenters. The van der Waals surface area contributed by atoms with E-state index in [9.17, 15) is 4.79 Å². The van der Waals surface area contributed by atoms with E-state index in [4.69, 9.17) is 5.73 Å². The number of pyridine rings is 1. The Bertz CT molecular complexity index is 522. The summed E-state index contributed by atoms with van der Waals surface area (Å²) < 4.78 is 6.37. The number of aromatic nitrogens is 4. The van der Waals surface area contributed by atoms with Gasteiger partial charge in [-0.1, -0.05) is 6.07 Å². The van der Waals surface area contributed by atoms with Gasteiger partial charge >= 0.3 is 6.09 Å². The summed E-state index contributed by atoms with van der Waals surface area (Å²) in [6.45, 7) is 0. The third-order valence-corrected chi connectivity index (χ3v) is 1.87. The molecule has 0 saturated heterocycles. The summed E-state index contributed by atoms with van der Waals surface area (Å²) in [5.74, 6) is 0.711. The Labute approximate surface area is 90.9 Å². The highest BCUT2D eigenvalue weighted by molar-refractivity contribution is 5.67. The Kier molecular flexibility index (Phi) is 2.50. The maximum Gasteiger partial charge on any atom is 0.411 e. The van der Waals surface area contributed by atoms with Crippen LogP contribution in [-0.4, -0.2) is 25.8 Å². The predicted octanol–water partition coefficient (Wildman–Crippen LogP) is 0.335. The van der Waals surface area contributed by atoms with Crippen LogP contribution in [0.25, 0.3) is 11.5 Å². The van der Waals surface area contributed by atoms with Gasteiger partial charge in [0.05, 0.1) is 0 Å². The Morgan fingerprint density at radius 1 is 1.50 bits per heavy atom. The van der Waals surface area contributed by atoms with Crippen molar-refractivity contribution in [3.63, 3.8) is 0 Å². The van der Waals surface area contributed by atoms with E-state index in [1.165, 1.54) is 6.07 Å². The van der Waals surface area contributed by atoms with Crippen molar-refractivity contribution in [1.29, 1.82) is 0 Å². The summed E-state index contributed by atoms with van der Waals surface area (Å²) in [5.41, 5.74) is 5.44. The highest BCUT2D eigenvalue weighted by Crippen LogP contribution is 2.16. The molecule has 2 rings (SSSR count). The average molecular weight is 219 g/mol. The highest BCUT2D eigenvalue weighted by Gasteiger charge is 2.08. The molecule has 16 heavy (non-hydrogen) atoms. The molecule has 82 valence electrons. The van der Waals surface area contributed by atoms with Crippen LogP contribution in [0.4, 0.5) is 4.79 Å². The van der Waals surface area contributed by atoms with E-state index >= 15 is 0 Å². The molecule has 7 heteroatoms. The fourth-order valence-corrected chi connectivity index (χ4v) is 1.21. The molecule has 0 spiro atoms. The van der Waals surface area contributed by atoms with E-state index in [0.717, 1.165) is 0 Å². The van der Waals surface area contributed by atoms with Gasteiger partial charge in [0.2, 0.25) is 5.88 Å². The number of aryl methyl sites for hydroxylation is 1. The number of primary amides is 1. The molecule has 0 aliphatic heterocycles. The summed E-state index contributed by atoms with van der Waals surface area (Å²) in [6, 6.07) is 4.96. The second kappa shape index (κ2) is 3.97. The molecular weight excluding hydrogens is 210 g/mol. The largest absolute Gasteiger partial charge is 0.411 e. The molecule has 0 aliphatic carbocycles. The lowest BCUT2D eigenvalue weighted by Crippen LogP contribution is -2.17. The maximum atomic E-state index is 10.6. The molecule has 0 bridgehead atoms. The molecule has 2 N–H and O–H groups in total. The Morgan fingerprint density at radius 2 is 2.31 bits per heavy atom.